The number of hydrogen-bond acceptors (Lipinski definition) is 2. The Kier molecular flexibility index (Phi) is 3.23. The molecule has 0 radical (unpaired) electrons. The van der Waals surface area contributed by atoms with Crippen molar-refractivity contribution in [2.75, 3.05) is 13.2 Å². The van der Waals surface area contributed by atoms with Crippen LogP contribution in [0.4, 0.5) is 0 Å². The molecule has 1 aliphatic heterocycles. The monoisotopic (exact) mass is 258 g/mol. The Hall–Kier alpha value is -0.350. The molecule has 0 atom stereocenters. The molecule has 3 nitrogen and oxygen atoms in total. The average Bonchev–Trinajstić information content (AvgIpc) is 2.51. The summed E-state index contributed by atoms with van der Waals surface area (Å²) in [4.78, 5) is 0. The maximum absolute atomic E-state index is 5.35. The summed E-state index contributed by atoms with van der Waals surface area (Å²) in [5, 5.41) is 4.22. The van der Waals surface area contributed by atoms with Gasteiger partial charge in [0.15, 0.2) is 0 Å². The lowest BCUT2D eigenvalue weighted by molar-refractivity contribution is 0.0659. The first-order valence-corrected chi connectivity index (χ1v) is 5.81. The van der Waals surface area contributed by atoms with Gasteiger partial charge in [0.2, 0.25) is 0 Å². The van der Waals surface area contributed by atoms with E-state index < -0.39 is 0 Å². The fourth-order valence-corrected chi connectivity index (χ4v) is 2.40. The molecule has 0 unspecified atom stereocenters. The predicted octanol–water partition coefficient (Wildman–Crippen LogP) is 2.15. The van der Waals surface area contributed by atoms with E-state index in [-0.39, 0.29) is 0 Å². The molecular weight excluding hydrogens is 244 g/mol. The third-order valence-electron chi connectivity index (χ3n) is 2.83. The van der Waals surface area contributed by atoms with Crippen LogP contribution in [0.2, 0.25) is 0 Å². The lowest BCUT2D eigenvalue weighted by Crippen LogP contribution is -2.18. The Morgan fingerprint density at radius 1 is 1.57 bits per heavy atom. The van der Waals surface area contributed by atoms with Gasteiger partial charge in [-0.2, -0.15) is 5.10 Å². The van der Waals surface area contributed by atoms with Gasteiger partial charge in [-0.25, -0.2) is 0 Å². The zero-order valence-corrected chi connectivity index (χ0v) is 9.96. The smallest absolute Gasteiger partial charge is 0.0635 e. The van der Waals surface area contributed by atoms with Crippen LogP contribution in [0.1, 0.15) is 18.5 Å². The fourth-order valence-electron chi connectivity index (χ4n) is 1.89. The van der Waals surface area contributed by atoms with Gasteiger partial charge >= 0.3 is 0 Å². The molecule has 0 N–H and O–H groups in total. The van der Waals surface area contributed by atoms with Crippen molar-refractivity contribution in [3.8, 4) is 0 Å². The summed E-state index contributed by atoms with van der Waals surface area (Å²) in [7, 11) is 2.00. The summed E-state index contributed by atoms with van der Waals surface area (Å²) in [6.07, 6.45) is 5.34. The highest BCUT2D eigenvalue weighted by molar-refractivity contribution is 9.10. The molecule has 14 heavy (non-hydrogen) atoms. The second-order valence-electron chi connectivity index (χ2n) is 3.82. The van der Waals surface area contributed by atoms with Crippen molar-refractivity contribution >= 4 is 15.9 Å². The Balaban J connectivity index is 2.02. The zero-order chi connectivity index (χ0) is 9.97. The molecule has 1 aliphatic rings. The highest BCUT2D eigenvalue weighted by Gasteiger charge is 2.17. The minimum Gasteiger partial charge on any atom is -0.381 e. The van der Waals surface area contributed by atoms with Gasteiger partial charge in [-0.05, 0) is 41.1 Å². The Bertz CT molecular complexity index is 286. The van der Waals surface area contributed by atoms with Gasteiger partial charge in [0, 0.05) is 20.3 Å². The highest BCUT2D eigenvalue weighted by atomic mass is 79.9. The molecule has 0 aromatic carbocycles. The number of nitrogens with zero attached hydrogens (tertiary/aromatic N) is 2. The Morgan fingerprint density at radius 3 is 2.86 bits per heavy atom. The number of hydrogen-bond donors (Lipinski definition) is 0. The lowest BCUT2D eigenvalue weighted by atomic mass is 9.95. The normalized spacial score (nSPS) is 18.7. The molecule has 4 heteroatoms. The van der Waals surface area contributed by atoms with Crippen LogP contribution in [0.5, 0.6) is 0 Å². The summed E-state index contributed by atoms with van der Waals surface area (Å²) >= 11 is 3.53. The van der Waals surface area contributed by atoms with Gasteiger partial charge in [0.25, 0.3) is 0 Å². The summed E-state index contributed by atoms with van der Waals surface area (Å²) in [6, 6.07) is 0. The van der Waals surface area contributed by atoms with Gasteiger partial charge in [0.05, 0.1) is 16.4 Å². The van der Waals surface area contributed by atoms with Crippen LogP contribution in [-0.2, 0) is 18.2 Å². The third-order valence-corrected chi connectivity index (χ3v) is 3.50. The Morgan fingerprint density at radius 2 is 2.29 bits per heavy atom. The summed E-state index contributed by atoms with van der Waals surface area (Å²) in [5.41, 5.74) is 1.30. The highest BCUT2D eigenvalue weighted by Crippen LogP contribution is 2.24. The number of ether oxygens (including phenoxy) is 1. The van der Waals surface area contributed by atoms with Gasteiger partial charge in [-0.15, -0.1) is 0 Å². The molecule has 0 saturated carbocycles. The van der Waals surface area contributed by atoms with Crippen molar-refractivity contribution in [3.05, 3.63) is 16.4 Å². The molecule has 2 heterocycles. The van der Waals surface area contributed by atoms with Crippen LogP contribution in [0.3, 0.4) is 0 Å². The van der Waals surface area contributed by atoms with Crippen molar-refractivity contribution in [1.82, 2.24) is 9.78 Å². The second-order valence-corrected chi connectivity index (χ2v) is 4.68. The van der Waals surface area contributed by atoms with E-state index in [9.17, 15) is 0 Å². The number of rotatable bonds is 2. The van der Waals surface area contributed by atoms with Gasteiger partial charge in [0.1, 0.15) is 0 Å². The fraction of sp³-hybridized carbons (Fsp3) is 0.700. The topological polar surface area (TPSA) is 27.1 Å². The van der Waals surface area contributed by atoms with E-state index in [1.807, 2.05) is 17.9 Å². The molecule has 0 bridgehead atoms. The molecular formula is C10H15BrN2O. The second kappa shape index (κ2) is 4.45. The summed E-state index contributed by atoms with van der Waals surface area (Å²) in [5.74, 6) is 0.760. The molecule has 78 valence electrons. The van der Waals surface area contributed by atoms with Gasteiger partial charge in [-0.3, -0.25) is 4.68 Å². The standard InChI is InChI=1S/C10H15BrN2O/c1-13-10(9(11)7-12-13)6-8-2-4-14-5-3-8/h7-8H,2-6H2,1H3. The van der Waals surface area contributed by atoms with Gasteiger partial charge in [-0.1, -0.05) is 0 Å². The minimum absolute atomic E-state index is 0.760. The molecule has 2 rings (SSSR count). The molecule has 1 aromatic rings. The van der Waals surface area contributed by atoms with Crippen molar-refractivity contribution in [3.63, 3.8) is 0 Å². The van der Waals surface area contributed by atoms with Gasteiger partial charge < -0.3 is 4.74 Å². The van der Waals surface area contributed by atoms with Crippen molar-refractivity contribution in [2.24, 2.45) is 13.0 Å². The van der Waals surface area contributed by atoms with Crippen LogP contribution in [0, 0.1) is 5.92 Å². The number of halogens is 1. The lowest BCUT2D eigenvalue weighted by Gasteiger charge is -2.21. The first-order valence-electron chi connectivity index (χ1n) is 5.01. The van der Waals surface area contributed by atoms with E-state index in [0.29, 0.717) is 0 Å². The maximum atomic E-state index is 5.35. The molecule has 1 aromatic heterocycles. The first-order chi connectivity index (χ1) is 6.77. The molecule has 0 spiro atoms. The van der Waals surface area contributed by atoms with Crippen LogP contribution < -0.4 is 0 Å². The molecule has 1 fully saturated rings. The van der Waals surface area contributed by atoms with E-state index in [2.05, 4.69) is 21.0 Å². The van der Waals surface area contributed by atoms with Crippen molar-refractivity contribution in [1.29, 1.82) is 0 Å². The minimum atomic E-state index is 0.760. The molecule has 0 aliphatic carbocycles. The largest absolute Gasteiger partial charge is 0.381 e. The predicted molar refractivity (Wildman–Crippen MR) is 58.2 cm³/mol. The van der Waals surface area contributed by atoms with Crippen LogP contribution in [0.25, 0.3) is 0 Å². The Labute approximate surface area is 92.6 Å². The summed E-state index contributed by atoms with van der Waals surface area (Å²) < 4.78 is 8.43. The number of aromatic nitrogens is 2. The first kappa shape index (κ1) is 10.2. The quantitative estimate of drug-likeness (QED) is 0.813. The maximum Gasteiger partial charge on any atom is 0.0635 e. The van der Waals surface area contributed by atoms with E-state index in [1.54, 1.807) is 0 Å². The molecule has 1 saturated heterocycles. The van der Waals surface area contributed by atoms with E-state index >= 15 is 0 Å². The van der Waals surface area contributed by atoms with Crippen LogP contribution in [-0.4, -0.2) is 23.0 Å². The van der Waals surface area contributed by atoms with Crippen molar-refractivity contribution in [2.45, 2.75) is 19.3 Å². The van der Waals surface area contributed by atoms with Crippen LogP contribution >= 0.6 is 15.9 Å². The summed E-state index contributed by atoms with van der Waals surface area (Å²) in [6.45, 7) is 1.83. The van der Waals surface area contributed by atoms with E-state index in [0.717, 1.165) is 30.0 Å². The van der Waals surface area contributed by atoms with E-state index in [1.165, 1.54) is 18.5 Å². The van der Waals surface area contributed by atoms with Crippen molar-refractivity contribution < 1.29 is 4.74 Å². The SMILES string of the molecule is Cn1ncc(Br)c1CC1CCOCC1. The number of aryl methyl sites for hydroxylation is 1. The average molecular weight is 259 g/mol. The van der Waals surface area contributed by atoms with Crippen LogP contribution in [0.15, 0.2) is 10.7 Å². The third kappa shape index (κ3) is 2.17. The van der Waals surface area contributed by atoms with E-state index in [4.69, 9.17) is 4.74 Å². The molecule has 0 amide bonds. The zero-order valence-electron chi connectivity index (χ0n) is 8.37.